The first kappa shape index (κ1) is 19.6. The lowest BCUT2D eigenvalue weighted by molar-refractivity contribution is -0.137. The third-order valence-electron chi connectivity index (χ3n) is 5.10. The minimum atomic E-state index is -4.35. The van der Waals surface area contributed by atoms with Crippen LogP contribution in [0.15, 0.2) is 48.5 Å². The molecule has 1 atom stereocenters. The number of carbonyl (C=O) groups excluding carboxylic acids is 2. The fraction of sp³-hybridized carbons (Fsp3) is 0.300. The van der Waals surface area contributed by atoms with E-state index in [0.717, 1.165) is 17.7 Å². The predicted octanol–water partition coefficient (Wildman–Crippen LogP) is 2.59. The summed E-state index contributed by atoms with van der Waals surface area (Å²) in [6.45, 7) is 1.30. The monoisotopic (exact) mass is 404 g/mol. The van der Waals surface area contributed by atoms with E-state index in [2.05, 4.69) is 11.0 Å². The number of halogens is 3. The molecule has 2 aliphatic rings. The molecule has 2 aromatic carbocycles. The molecule has 29 heavy (non-hydrogen) atoms. The fourth-order valence-corrected chi connectivity index (χ4v) is 3.55. The summed E-state index contributed by atoms with van der Waals surface area (Å²) < 4.78 is 37.9. The Bertz CT molecular complexity index is 895. The van der Waals surface area contributed by atoms with Crippen molar-refractivity contribution in [2.75, 3.05) is 13.1 Å². The molecule has 0 aromatic heterocycles. The summed E-state index contributed by atoms with van der Waals surface area (Å²) in [4.78, 5) is 26.0. The van der Waals surface area contributed by atoms with Crippen molar-refractivity contribution in [3.05, 3.63) is 70.8 Å². The molecule has 0 bridgehead atoms. The molecule has 0 aliphatic carbocycles. The van der Waals surface area contributed by atoms with Crippen LogP contribution in [0.5, 0.6) is 0 Å². The molecular weight excluding hydrogens is 385 g/mol. The van der Waals surface area contributed by atoms with E-state index in [1.165, 1.54) is 17.0 Å². The molecule has 2 amide bonds. The Morgan fingerprint density at radius 2 is 1.59 bits per heavy atom. The average molecular weight is 404 g/mol. The highest BCUT2D eigenvalue weighted by molar-refractivity contribution is 6.21. The van der Waals surface area contributed by atoms with Gasteiger partial charge < -0.3 is 0 Å². The number of hydrogen-bond acceptors (Lipinski definition) is 5. The van der Waals surface area contributed by atoms with Gasteiger partial charge in [0, 0.05) is 25.7 Å². The molecule has 2 aliphatic heterocycles. The van der Waals surface area contributed by atoms with Crippen LogP contribution >= 0.6 is 0 Å². The standard InChI is InChI=1S/C20H19F3N4O2/c21-20(22,23)14-7-5-13(6-8-14)11-26-12-15(24-25-26)9-10-27-18(28)16-3-1-2-4-17(16)19(27)29/h1-8,15,24-25H,9-12H2. The van der Waals surface area contributed by atoms with Crippen LogP contribution in [0.4, 0.5) is 13.2 Å². The normalized spacial score (nSPS) is 19.8. The van der Waals surface area contributed by atoms with E-state index in [1.54, 1.807) is 24.3 Å². The summed E-state index contributed by atoms with van der Waals surface area (Å²) >= 11 is 0. The van der Waals surface area contributed by atoms with Crippen molar-refractivity contribution in [3.63, 3.8) is 0 Å². The maximum Gasteiger partial charge on any atom is 0.416 e. The van der Waals surface area contributed by atoms with Crippen LogP contribution in [0.2, 0.25) is 0 Å². The summed E-state index contributed by atoms with van der Waals surface area (Å²) in [6, 6.07) is 11.8. The predicted molar refractivity (Wildman–Crippen MR) is 98.3 cm³/mol. The molecule has 0 spiro atoms. The zero-order chi connectivity index (χ0) is 20.6. The Balaban J connectivity index is 1.29. The molecule has 2 heterocycles. The second kappa shape index (κ2) is 7.58. The van der Waals surface area contributed by atoms with Gasteiger partial charge >= 0.3 is 6.18 Å². The van der Waals surface area contributed by atoms with Crippen molar-refractivity contribution < 1.29 is 22.8 Å². The number of alkyl halides is 3. The molecule has 9 heteroatoms. The second-order valence-electron chi connectivity index (χ2n) is 7.12. The van der Waals surface area contributed by atoms with Crippen LogP contribution in [-0.2, 0) is 12.7 Å². The minimum Gasteiger partial charge on any atom is -0.274 e. The number of nitrogens with one attached hydrogen (secondary N) is 2. The molecule has 2 aromatic rings. The quantitative estimate of drug-likeness (QED) is 0.750. The third kappa shape index (κ3) is 4.02. The number of hydrazine groups is 2. The Morgan fingerprint density at radius 1 is 0.966 bits per heavy atom. The highest BCUT2D eigenvalue weighted by Crippen LogP contribution is 2.29. The molecule has 6 nitrogen and oxygen atoms in total. The fourth-order valence-electron chi connectivity index (χ4n) is 3.55. The van der Waals surface area contributed by atoms with E-state index in [1.807, 2.05) is 5.01 Å². The smallest absolute Gasteiger partial charge is 0.274 e. The second-order valence-corrected chi connectivity index (χ2v) is 7.12. The Hall–Kier alpha value is -2.75. The van der Waals surface area contributed by atoms with Gasteiger partial charge in [0.25, 0.3) is 11.8 Å². The summed E-state index contributed by atoms with van der Waals surface area (Å²) in [5, 5.41) is 1.84. The van der Waals surface area contributed by atoms with Gasteiger partial charge in [0.1, 0.15) is 0 Å². The zero-order valence-corrected chi connectivity index (χ0v) is 15.4. The maximum absolute atomic E-state index is 12.6. The van der Waals surface area contributed by atoms with Gasteiger partial charge in [-0.15, -0.1) is 0 Å². The topological polar surface area (TPSA) is 64.7 Å². The van der Waals surface area contributed by atoms with Crippen molar-refractivity contribution in [1.29, 1.82) is 0 Å². The number of benzene rings is 2. The molecule has 1 fully saturated rings. The first-order valence-electron chi connectivity index (χ1n) is 9.20. The first-order valence-corrected chi connectivity index (χ1v) is 9.20. The van der Waals surface area contributed by atoms with Gasteiger partial charge in [-0.1, -0.05) is 24.3 Å². The summed E-state index contributed by atoms with van der Waals surface area (Å²) in [7, 11) is 0. The molecule has 0 radical (unpaired) electrons. The van der Waals surface area contributed by atoms with Gasteiger partial charge in [0.15, 0.2) is 0 Å². The van der Waals surface area contributed by atoms with Crippen molar-refractivity contribution >= 4 is 11.8 Å². The van der Waals surface area contributed by atoms with Gasteiger partial charge in [-0.2, -0.15) is 18.7 Å². The van der Waals surface area contributed by atoms with Crippen LogP contribution in [0.3, 0.4) is 0 Å². The number of hydrogen-bond donors (Lipinski definition) is 2. The number of amides is 2. The van der Waals surface area contributed by atoms with Gasteiger partial charge in [0.2, 0.25) is 0 Å². The van der Waals surface area contributed by atoms with Gasteiger partial charge in [-0.3, -0.25) is 14.5 Å². The van der Waals surface area contributed by atoms with Crippen LogP contribution in [0.1, 0.15) is 38.3 Å². The van der Waals surface area contributed by atoms with E-state index < -0.39 is 11.7 Å². The lowest BCUT2D eigenvalue weighted by Gasteiger charge is -2.17. The Labute approximate surface area is 165 Å². The number of carbonyl (C=O) groups is 2. The van der Waals surface area contributed by atoms with Crippen LogP contribution in [0, 0.1) is 0 Å². The van der Waals surface area contributed by atoms with Crippen molar-refractivity contribution in [3.8, 4) is 0 Å². The van der Waals surface area contributed by atoms with Gasteiger partial charge in [-0.05, 0) is 36.2 Å². The lowest BCUT2D eigenvalue weighted by atomic mass is 10.1. The number of imide groups is 1. The highest BCUT2D eigenvalue weighted by Gasteiger charge is 2.35. The van der Waals surface area contributed by atoms with E-state index in [0.29, 0.717) is 37.2 Å². The van der Waals surface area contributed by atoms with Crippen LogP contribution in [-0.4, -0.2) is 40.9 Å². The molecule has 2 N–H and O–H groups in total. The Kier molecular flexibility index (Phi) is 5.12. The SMILES string of the molecule is O=C1c2ccccc2C(=O)N1CCC1CN(Cc2ccc(C(F)(F)F)cc2)NN1. The molecule has 0 saturated carbocycles. The van der Waals surface area contributed by atoms with E-state index in [-0.39, 0.29) is 17.9 Å². The molecule has 1 unspecified atom stereocenters. The van der Waals surface area contributed by atoms with Crippen molar-refractivity contribution in [1.82, 2.24) is 20.9 Å². The minimum absolute atomic E-state index is 0.00578. The highest BCUT2D eigenvalue weighted by atomic mass is 19.4. The average Bonchev–Trinajstić information content (AvgIpc) is 3.23. The number of nitrogens with zero attached hydrogens (tertiary/aromatic N) is 2. The summed E-state index contributed by atoms with van der Waals surface area (Å²) in [5.74, 6) is -0.559. The van der Waals surface area contributed by atoms with Crippen molar-refractivity contribution in [2.45, 2.75) is 25.2 Å². The van der Waals surface area contributed by atoms with E-state index in [4.69, 9.17) is 0 Å². The summed E-state index contributed by atoms with van der Waals surface area (Å²) in [6.07, 6.45) is -3.79. The molecule has 152 valence electrons. The number of rotatable bonds is 5. The summed E-state index contributed by atoms with van der Waals surface area (Å²) in [5.41, 5.74) is 7.00. The van der Waals surface area contributed by atoms with E-state index in [9.17, 15) is 22.8 Å². The van der Waals surface area contributed by atoms with Crippen molar-refractivity contribution in [2.24, 2.45) is 0 Å². The maximum atomic E-state index is 12.6. The number of fused-ring (bicyclic) bond motifs is 1. The molecule has 4 rings (SSSR count). The largest absolute Gasteiger partial charge is 0.416 e. The van der Waals surface area contributed by atoms with Gasteiger partial charge in [-0.25, -0.2) is 10.4 Å². The van der Waals surface area contributed by atoms with Crippen LogP contribution in [0.25, 0.3) is 0 Å². The van der Waals surface area contributed by atoms with Gasteiger partial charge in [0.05, 0.1) is 16.7 Å². The van der Waals surface area contributed by atoms with E-state index >= 15 is 0 Å². The molecular formula is C20H19F3N4O2. The Morgan fingerprint density at radius 3 is 2.17 bits per heavy atom. The zero-order valence-electron chi connectivity index (χ0n) is 15.4. The first-order chi connectivity index (χ1) is 13.8. The third-order valence-corrected chi connectivity index (χ3v) is 5.10. The van der Waals surface area contributed by atoms with Crippen LogP contribution < -0.4 is 11.0 Å². The lowest BCUT2D eigenvalue weighted by Crippen LogP contribution is -2.38. The molecule has 1 saturated heterocycles.